The number of hydrogen-bond donors (Lipinski definition) is 0. The molecule has 0 unspecified atom stereocenters. The van der Waals surface area contributed by atoms with Gasteiger partial charge in [-0.25, -0.2) is 0 Å². The molecule has 1 heterocycles. The molecule has 190 valence electrons. The van der Waals surface area contributed by atoms with Gasteiger partial charge in [0.1, 0.15) is 11.7 Å². The maximum Gasteiger partial charge on any atom is 0.312 e. The second-order valence-corrected chi connectivity index (χ2v) is 13.8. The molecular formula is C28H48O4S. The molecule has 4 aliphatic carbocycles. The Morgan fingerprint density at radius 3 is 1.73 bits per heavy atom. The van der Waals surface area contributed by atoms with Crippen LogP contribution in [0.2, 0.25) is 0 Å². The van der Waals surface area contributed by atoms with Crippen molar-refractivity contribution in [1.29, 1.82) is 0 Å². The average Bonchev–Trinajstić information content (AvgIpc) is 2.78. The highest BCUT2D eigenvalue weighted by atomic mass is 32.2. The Labute approximate surface area is 206 Å². The standard InChI is InChI=1S/C17H28O2.C11H20O2S/c1-5-16(2,3)15(18)19-17(4)13-7-11-6-12(9-13)10-14(17)8-11;1-4-11(2,3)10(12)13-9-5-7-14-8-6-9/h11-14H,5-10H2,1-4H3;9H,4-8H2,1-3H3. The monoisotopic (exact) mass is 480 g/mol. The predicted octanol–water partition coefficient (Wildman–Crippen LogP) is 7.04. The molecule has 0 aromatic carbocycles. The minimum Gasteiger partial charge on any atom is -0.462 e. The Kier molecular flexibility index (Phi) is 8.55. The second kappa shape index (κ2) is 10.5. The highest BCUT2D eigenvalue weighted by molar-refractivity contribution is 7.99. The largest absolute Gasteiger partial charge is 0.462 e. The van der Waals surface area contributed by atoms with Gasteiger partial charge in [-0.2, -0.15) is 11.8 Å². The molecule has 4 saturated carbocycles. The van der Waals surface area contributed by atoms with E-state index in [1.807, 2.05) is 46.4 Å². The van der Waals surface area contributed by atoms with Gasteiger partial charge in [-0.05, 0) is 128 Å². The van der Waals surface area contributed by atoms with Gasteiger partial charge < -0.3 is 9.47 Å². The summed E-state index contributed by atoms with van der Waals surface area (Å²) in [6.07, 6.45) is 10.5. The molecule has 4 nitrogen and oxygen atoms in total. The van der Waals surface area contributed by atoms with E-state index in [0.717, 1.165) is 49.0 Å². The lowest BCUT2D eigenvalue weighted by Crippen LogP contribution is -2.58. The van der Waals surface area contributed by atoms with E-state index in [1.54, 1.807) is 0 Å². The number of hydrogen-bond acceptors (Lipinski definition) is 5. The Morgan fingerprint density at radius 1 is 0.818 bits per heavy atom. The summed E-state index contributed by atoms with van der Waals surface area (Å²) in [6.45, 7) is 14.2. The first kappa shape index (κ1) is 26.9. The molecule has 0 spiro atoms. The molecule has 5 aliphatic rings. The van der Waals surface area contributed by atoms with E-state index >= 15 is 0 Å². The first-order chi connectivity index (χ1) is 15.4. The topological polar surface area (TPSA) is 52.6 Å². The van der Waals surface area contributed by atoms with E-state index in [1.165, 1.54) is 32.1 Å². The Bertz CT molecular complexity index is 664. The SMILES string of the molecule is CCC(C)(C)C(=O)OC1(C)C2CC3CC(C2)CC1C3.CCC(C)(C)C(=O)OC1CCSCC1. The lowest BCUT2D eigenvalue weighted by atomic mass is 9.50. The zero-order chi connectivity index (χ0) is 24.4. The fraction of sp³-hybridized carbons (Fsp3) is 0.929. The van der Waals surface area contributed by atoms with Gasteiger partial charge in [0.2, 0.25) is 0 Å². The average molecular weight is 481 g/mol. The van der Waals surface area contributed by atoms with Crippen LogP contribution in [-0.4, -0.2) is 35.1 Å². The Balaban J connectivity index is 0.000000196. The molecule has 5 heteroatoms. The second-order valence-electron chi connectivity index (χ2n) is 12.6. The van der Waals surface area contributed by atoms with Gasteiger partial charge in [-0.3, -0.25) is 9.59 Å². The van der Waals surface area contributed by atoms with Crippen molar-refractivity contribution in [2.24, 2.45) is 34.5 Å². The van der Waals surface area contributed by atoms with Crippen LogP contribution in [0, 0.1) is 34.5 Å². The zero-order valence-corrected chi connectivity index (χ0v) is 23.0. The molecule has 0 amide bonds. The lowest BCUT2D eigenvalue weighted by molar-refractivity contribution is -0.211. The third kappa shape index (κ3) is 6.11. The van der Waals surface area contributed by atoms with E-state index < -0.39 is 0 Å². The van der Waals surface area contributed by atoms with E-state index in [9.17, 15) is 9.59 Å². The fourth-order valence-electron chi connectivity index (χ4n) is 6.02. The minimum absolute atomic E-state index is 0.0185. The first-order valence-corrected chi connectivity index (χ1v) is 14.6. The van der Waals surface area contributed by atoms with Crippen molar-refractivity contribution in [3.05, 3.63) is 0 Å². The van der Waals surface area contributed by atoms with Crippen LogP contribution < -0.4 is 0 Å². The highest BCUT2D eigenvalue weighted by Crippen LogP contribution is 2.59. The molecule has 1 saturated heterocycles. The normalized spacial score (nSPS) is 33.8. The summed E-state index contributed by atoms with van der Waals surface area (Å²) in [5.41, 5.74) is -0.820. The Hall–Kier alpha value is -0.710. The molecule has 1 aliphatic heterocycles. The van der Waals surface area contributed by atoms with Gasteiger partial charge >= 0.3 is 11.9 Å². The van der Waals surface area contributed by atoms with Crippen LogP contribution in [0.5, 0.6) is 0 Å². The van der Waals surface area contributed by atoms with E-state index in [2.05, 4.69) is 13.8 Å². The van der Waals surface area contributed by atoms with E-state index in [-0.39, 0.29) is 34.5 Å². The van der Waals surface area contributed by atoms with Crippen LogP contribution in [-0.2, 0) is 19.1 Å². The number of ether oxygens (including phenoxy) is 2. The summed E-state index contributed by atoms with van der Waals surface area (Å²) in [7, 11) is 0. The van der Waals surface area contributed by atoms with Crippen LogP contribution in [0.3, 0.4) is 0 Å². The van der Waals surface area contributed by atoms with Crippen molar-refractivity contribution < 1.29 is 19.1 Å². The van der Waals surface area contributed by atoms with Crippen molar-refractivity contribution in [3.8, 4) is 0 Å². The molecule has 0 aromatic rings. The van der Waals surface area contributed by atoms with Crippen LogP contribution in [0.4, 0.5) is 0 Å². The van der Waals surface area contributed by atoms with E-state index in [0.29, 0.717) is 11.8 Å². The Morgan fingerprint density at radius 2 is 1.27 bits per heavy atom. The number of carbonyl (C=O) groups excluding carboxylic acids is 2. The van der Waals surface area contributed by atoms with Gasteiger partial charge in [0.15, 0.2) is 0 Å². The quantitative estimate of drug-likeness (QED) is 0.382. The smallest absolute Gasteiger partial charge is 0.312 e. The molecule has 0 radical (unpaired) electrons. The first-order valence-electron chi connectivity index (χ1n) is 13.4. The maximum absolute atomic E-state index is 12.5. The van der Waals surface area contributed by atoms with Gasteiger partial charge in [0, 0.05) is 0 Å². The summed E-state index contributed by atoms with van der Waals surface area (Å²) < 4.78 is 11.6. The van der Waals surface area contributed by atoms with Gasteiger partial charge in [-0.1, -0.05) is 13.8 Å². The van der Waals surface area contributed by atoms with Crippen molar-refractivity contribution >= 4 is 23.7 Å². The third-order valence-electron chi connectivity index (χ3n) is 9.39. The van der Waals surface area contributed by atoms with Crippen LogP contribution >= 0.6 is 11.8 Å². The van der Waals surface area contributed by atoms with Gasteiger partial charge in [0.05, 0.1) is 10.8 Å². The number of carbonyl (C=O) groups is 2. The number of esters is 2. The molecule has 5 rings (SSSR count). The van der Waals surface area contributed by atoms with Crippen molar-refractivity contribution in [2.45, 2.75) is 118 Å². The minimum atomic E-state index is -0.336. The van der Waals surface area contributed by atoms with Gasteiger partial charge in [0.25, 0.3) is 0 Å². The third-order valence-corrected chi connectivity index (χ3v) is 10.4. The molecule has 5 fully saturated rings. The molecular weight excluding hydrogens is 432 g/mol. The molecule has 4 bridgehead atoms. The lowest BCUT2D eigenvalue weighted by Gasteiger charge is -2.59. The predicted molar refractivity (Wildman–Crippen MR) is 136 cm³/mol. The molecule has 0 atom stereocenters. The van der Waals surface area contributed by atoms with Gasteiger partial charge in [-0.15, -0.1) is 0 Å². The van der Waals surface area contributed by atoms with E-state index in [4.69, 9.17) is 9.47 Å². The molecule has 0 N–H and O–H groups in total. The zero-order valence-electron chi connectivity index (χ0n) is 22.2. The molecule has 33 heavy (non-hydrogen) atoms. The summed E-state index contributed by atoms with van der Waals surface area (Å²) in [6, 6.07) is 0. The number of rotatable bonds is 6. The van der Waals surface area contributed by atoms with Crippen molar-refractivity contribution in [2.75, 3.05) is 11.5 Å². The summed E-state index contributed by atoms with van der Waals surface area (Å²) in [5, 5.41) is 0. The van der Waals surface area contributed by atoms with Crippen LogP contribution in [0.1, 0.15) is 106 Å². The maximum atomic E-state index is 12.5. The van der Waals surface area contributed by atoms with Crippen molar-refractivity contribution in [3.63, 3.8) is 0 Å². The summed E-state index contributed by atoms with van der Waals surface area (Å²) in [4.78, 5) is 24.2. The molecule has 0 aromatic heterocycles. The fourth-order valence-corrected chi connectivity index (χ4v) is 7.08. The summed E-state index contributed by atoms with van der Waals surface area (Å²) >= 11 is 1.95. The van der Waals surface area contributed by atoms with Crippen molar-refractivity contribution in [1.82, 2.24) is 0 Å². The van der Waals surface area contributed by atoms with Crippen LogP contribution in [0.15, 0.2) is 0 Å². The highest BCUT2D eigenvalue weighted by Gasteiger charge is 2.57. The summed E-state index contributed by atoms with van der Waals surface area (Å²) in [5.74, 6) is 5.35. The van der Waals surface area contributed by atoms with Crippen LogP contribution in [0.25, 0.3) is 0 Å². The number of thioether (sulfide) groups is 1.